The number of amides is 1. The first-order valence-corrected chi connectivity index (χ1v) is 5.46. The van der Waals surface area contributed by atoms with Crippen LogP contribution in [0.5, 0.6) is 0 Å². The molecular weight excluding hydrogens is 263 g/mol. The van der Waals surface area contributed by atoms with Gasteiger partial charge in [0.2, 0.25) is 5.91 Å². The van der Waals surface area contributed by atoms with Crippen LogP contribution in [0.1, 0.15) is 6.92 Å². The van der Waals surface area contributed by atoms with E-state index in [2.05, 4.69) is 10.6 Å². The summed E-state index contributed by atoms with van der Waals surface area (Å²) in [5.74, 6) is -2.16. The van der Waals surface area contributed by atoms with Gasteiger partial charge in [-0.1, -0.05) is 11.6 Å². The molecule has 0 radical (unpaired) electrons. The van der Waals surface area contributed by atoms with Crippen molar-refractivity contribution >= 4 is 29.2 Å². The summed E-state index contributed by atoms with van der Waals surface area (Å²) in [6.45, 7) is 1.20. The second kappa shape index (κ2) is 6.20. The molecule has 1 rings (SSSR count). The third-order valence-electron chi connectivity index (χ3n) is 2.11. The largest absolute Gasteiger partial charge is 0.480 e. The van der Waals surface area contributed by atoms with E-state index in [9.17, 15) is 14.0 Å². The quantitative estimate of drug-likeness (QED) is 0.760. The van der Waals surface area contributed by atoms with Crippen LogP contribution >= 0.6 is 11.6 Å². The molecule has 5 nitrogen and oxygen atoms in total. The van der Waals surface area contributed by atoms with Crippen molar-refractivity contribution in [2.45, 2.75) is 13.0 Å². The number of nitrogens with one attached hydrogen (secondary N) is 2. The first-order valence-electron chi connectivity index (χ1n) is 5.09. The molecule has 7 heteroatoms. The fourth-order valence-electron chi connectivity index (χ4n) is 1.27. The van der Waals surface area contributed by atoms with Crippen LogP contribution in [0.3, 0.4) is 0 Å². The average Bonchev–Trinajstić information content (AvgIpc) is 2.28. The van der Waals surface area contributed by atoms with E-state index >= 15 is 0 Å². The number of carboxylic acid groups (broad SMARTS) is 1. The summed E-state index contributed by atoms with van der Waals surface area (Å²) < 4.78 is 12.9. The third kappa shape index (κ3) is 4.21. The predicted molar refractivity (Wildman–Crippen MR) is 65.1 cm³/mol. The number of carbonyl (C=O) groups excluding carboxylic acids is 1. The fourth-order valence-corrected chi connectivity index (χ4v) is 1.45. The van der Waals surface area contributed by atoms with Crippen molar-refractivity contribution < 1.29 is 19.1 Å². The van der Waals surface area contributed by atoms with E-state index in [1.54, 1.807) is 0 Å². The highest BCUT2D eigenvalue weighted by molar-refractivity contribution is 6.31. The number of hydrogen-bond acceptors (Lipinski definition) is 3. The summed E-state index contributed by atoms with van der Waals surface area (Å²) in [5.41, 5.74) is 0.470. The summed E-state index contributed by atoms with van der Waals surface area (Å²) in [6.07, 6.45) is 0. The highest BCUT2D eigenvalue weighted by Crippen LogP contribution is 2.19. The minimum absolute atomic E-state index is 0.0309. The maximum Gasteiger partial charge on any atom is 0.328 e. The Labute approximate surface area is 108 Å². The van der Waals surface area contributed by atoms with Gasteiger partial charge in [-0.05, 0) is 18.2 Å². The van der Waals surface area contributed by atoms with Gasteiger partial charge in [0.1, 0.15) is 11.9 Å². The van der Waals surface area contributed by atoms with Gasteiger partial charge in [-0.25, -0.2) is 9.18 Å². The predicted octanol–water partition coefficient (Wildman–Crippen LogP) is 1.48. The van der Waals surface area contributed by atoms with Gasteiger partial charge >= 0.3 is 5.97 Å². The number of hydrogen-bond donors (Lipinski definition) is 3. The smallest absolute Gasteiger partial charge is 0.328 e. The SMILES string of the molecule is CC(=O)NC(CNc1ccc(F)c(Cl)c1)C(=O)O. The monoisotopic (exact) mass is 274 g/mol. The molecule has 0 heterocycles. The van der Waals surface area contributed by atoms with E-state index in [-0.39, 0.29) is 11.6 Å². The maximum absolute atomic E-state index is 12.9. The molecule has 1 amide bonds. The molecule has 3 N–H and O–H groups in total. The molecule has 98 valence electrons. The molecule has 1 aromatic carbocycles. The molecule has 0 fully saturated rings. The lowest BCUT2D eigenvalue weighted by Gasteiger charge is -2.15. The first kappa shape index (κ1) is 14.2. The van der Waals surface area contributed by atoms with E-state index in [0.717, 1.165) is 0 Å². The van der Waals surface area contributed by atoms with Crippen LogP contribution in [0.25, 0.3) is 0 Å². The van der Waals surface area contributed by atoms with E-state index < -0.39 is 23.7 Å². The van der Waals surface area contributed by atoms with E-state index in [0.29, 0.717) is 5.69 Å². The van der Waals surface area contributed by atoms with E-state index in [1.165, 1.54) is 25.1 Å². The third-order valence-corrected chi connectivity index (χ3v) is 2.40. The molecule has 1 unspecified atom stereocenters. The number of anilines is 1. The summed E-state index contributed by atoms with van der Waals surface area (Å²) in [7, 11) is 0. The molecule has 0 aliphatic carbocycles. The van der Waals surface area contributed by atoms with Gasteiger partial charge < -0.3 is 15.7 Å². The van der Waals surface area contributed by atoms with Crippen molar-refractivity contribution in [3.8, 4) is 0 Å². The number of aliphatic carboxylic acids is 1. The Hall–Kier alpha value is -1.82. The summed E-state index contributed by atoms with van der Waals surface area (Å²) >= 11 is 5.57. The van der Waals surface area contributed by atoms with Gasteiger partial charge in [-0.3, -0.25) is 4.79 Å². The van der Waals surface area contributed by atoms with Crippen LogP contribution in [0.2, 0.25) is 5.02 Å². The van der Waals surface area contributed by atoms with E-state index in [4.69, 9.17) is 16.7 Å². The number of rotatable bonds is 5. The van der Waals surface area contributed by atoms with Gasteiger partial charge in [0.05, 0.1) is 5.02 Å². The second-order valence-corrected chi connectivity index (χ2v) is 4.01. The van der Waals surface area contributed by atoms with Crippen LogP contribution in [0.4, 0.5) is 10.1 Å². The number of benzene rings is 1. The Bertz CT molecular complexity index is 468. The Morgan fingerprint density at radius 3 is 2.67 bits per heavy atom. The Morgan fingerprint density at radius 1 is 1.50 bits per heavy atom. The van der Waals surface area contributed by atoms with Crippen molar-refractivity contribution in [2.75, 3.05) is 11.9 Å². The lowest BCUT2D eigenvalue weighted by atomic mass is 10.2. The first-order chi connectivity index (χ1) is 8.40. The van der Waals surface area contributed by atoms with Crippen LogP contribution in [-0.4, -0.2) is 29.6 Å². The molecule has 0 aromatic heterocycles. The van der Waals surface area contributed by atoms with Gasteiger partial charge in [-0.2, -0.15) is 0 Å². The minimum Gasteiger partial charge on any atom is -0.480 e. The van der Waals surface area contributed by atoms with Gasteiger partial charge in [0, 0.05) is 19.2 Å². The molecule has 1 aromatic rings. The summed E-state index contributed by atoms with van der Waals surface area (Å²) in [6, 6.07) is 2.86. The normalized spacial score (nSPS) is 11.7. The lowest BCUT2D eigenvalue weighted by molar-refractivity contribution is -0.141. The molecule has 0 bridgehead atoms. The zero-order valence-corrected chi connectivity index (χ0v) is 10.3. The van der Waals surface area contributed by atoms with Gasteiger partial charge in [0.15, 0.2) is 0 Å². The maximum atomic E-state index is 12.9. The molecule has 0 aliphatic rings. The minimum atomic E-state index is -1.16. The summed E-state index contributed by atoms with van der Waals surface area (Å²) in [5, 5.41) is 13.8. The zero-order chi connectivity index (χ0) is 13.7. The van der Waals surface area contributed by atoms with Crippen molar-refractivity contribution in [3.05, 3.63) is 29.0 Å². The molecule has 0 saturated carbocycles. The molecule has 18 heavy (non-hydrogen) atoms. The standard InChI is InChI=1S/C11H12ClFN2O3/c1-6(16)15-10(11(17)18)5-14-7-2-3-9(13)8(12)4-7/h2-4,10,14H,5H2,1H3,(H,15,16)(H,17,18). The van der Waals surface area contributed by atoms with Crippen LogP contribution in [0.15, 0.2) is 18.2 Å². The number of carboxylic acids is 1. The van der Waals surface area contributed by atoms with Crippen molar-refractivity contribution in [1.29, 1.82) is 0 Å². The van der Waals surface area contributed by atoms with Crippen LogP contribution in [0, 0.1) is 5.82 Å². The Kier molecular flexibility index (Phi) is 4.91. The lowest BCUT2D eigenvalue weighted by Crippen LogP contribution is -2.44. The fraction of sp³-hybridized carbons (Fsp3) is 0.273. The van der Waals surface area contributed by atoms with Crippen molar-refractivity contribution in [1.82, 2.24) is 5.32 Å². The van der Waals surface area contributed by atoms with Crippen molar-refractivity contribution in [3.63, 3.8) is 0 Å². The highest BCUT2D eigenvalue weighted by Gasteiger charge is 2.17. The molecule has 1 atom stereocenters. The van der Waals surface area contributed by atoms with Gasteiger partial charge in [-0.15, -0.1) is 0 Å². The number of carbonyl (C=O) groups is 2. The molecule has 0 spiro atoms. The molecule has 0 aliphatic heterocycles. The van der Waals surface area contributed by atoms with E-state index in [1.807, 2.05) is 0 Å². The Balaban J connectivity index is 2.64. The Morgan fingerprint density at radius 2 is 2.17 bits per heavy atom. The average molecular weight is 275 g/mol. The zero-order valence-electron chi connectivity index (χ0n) is 9.54. The highest BCUT2D eigenvalue weighted by atomic mass is 35.5. The second-order valence-electron chi connectivity index (χ2n) is 3.60. The van der Waals surface area contributed by atoms with Crippen molar-refractivity contribution in [2.24, 2.45) is 0 Å². The van der Waals surface area contributed by atoms with Crippen LogP contribution in [-0.2, 0) is 9.59 Å². The molecule has 0 saturated heterocycles. The van der Waals surface area contributed by atoms with Crippen LogP contribution < -0.4 is 10.6 Å². The van der Waals surface area contributed by atoms with Gasteiger partial charge in [0.25, 0.3) is 0 Å². The summed E-state index contributed by atoms with van der Waals surface area (Å²) in [4.78, 5) is 21.6. The topological polar surface area (TPSA) is 78.4 Å². The number of halogens is 2. The molecular formula is C11H12ClFN2O3.